The van der Waals surface area contributed by atoms with Crippen molar-refractivity contribution in [1.82, 2.24) is 5.53 Å². The van der Waals surface area contributed by atoms with Crippen molar-refractivity contribution in [3.05, 3.63) is 28.8 Å². The summed E-state index contributed by atoms with van der Waals surface area (Å²) in [4.78, 5) is 0. The Balaban J connectivity index is 3.36. The highest BCUT2D eigenvalue weighted by molar-refractivity contribution is 5.52. The first-order chi connectivity index (χ1) is 5.15. The van der Waals surface area contributed by atoms with Crippen molar-refractivity contribution in [2.24, 2.45) is 5.11 Å². The standard InChI is InChI=1S/C9H11N2/c1-6-4-7(2)9(11-10)8(3)5-6/h4-5H,1-3H3. The van der Waals surface area contributed by atoms with Crippen LogP contribution in [-0.4, -0.2) is 0 Å². The molecule has 0 unspecified atom stereocenters. The highest BCUT2D eigenvalue weighted by Crippen LogP contribution is 2.23. The van der Waals surface area contributed by atoms with E-state index in [1.807, 2.05) is 32.9 Å². The molecule has 0 N–H and O–H groups in total. The zero-order valence-corrected chi connectivity index (χ0v) is 7.05. The van der Waals surface area contributed by atoms with Gasteiger partial charge in [0.2, 0.25) is 0 Å². The van der Waals surface area contributed by atoms with Gasteiger partial charge in [-0.3, -0.25) is 0 Å². The van der Waals surface area contributed by atoms with Crippen molar-refractivity contribution in [3.8, 4) is 0 Å². The first kappa shape index (κ1) is 7.92. The van der Waals surface area contributed by atoms with E-state index in [4.69, 9.17) is 5.53 Å². The molecule has 1 aromatic carbocycles. The van der Waals surface area contributed by atoms with Gasteiger partial charge in [0.25, 0.3) is 0 Å². The number of hydrogen-bond donors (Lipinski definition) is 0. The van der Waals surface area contributed by atoms with Gasteiger partial charge < -0.3 is 0 Å². The van der Waals surface area contributed by atoms with Crippen LogP contribution in [-0.2, 0) is 0 Å². The fourth-order valence-electron chi connectivity index (χ4n) is 1.33. The predicted molar refractivity (Wildman–Crippen MR) is 44.9 cm³/mol. The van der Waals surface area contributed by atoms with E-state index in [1.54, 1.807) is 0 Å². The van der Waals surface area contributed by atoms with Gasteiger partial charge in [0.05, 0.1) is 5.69 Å². The third-order valence-electron chi connectivity index (χ3n) is 1.74. The van der Waals surface area contributed by atoms with Crippen molar-refractivity contribution < 1.29 is 0 Å². The van der Waals surface area contributed by atoms with E-state index in [1.165, 1.54) is 5.56 Å². The molecule has 0 aliphatic rings. The van der Waals surface area contributed by atoms with Crippen molar-refractivity contribution >= 4 is 5.69 Å². The smallest absolute Gasteiger partial charge is 0.0934 e. The van der Waals surface area contributed by atoms with Crippen LogP contribution >= 0.6 is 0 Å². The summed E-state index contributed by atoms with van der Waals surface area (Å²) < 4.78 is 0. The molecule has 0 fully saturated rings. The van der Waals surface area contributed by atoms with E-state index in [2.05, 4.69) is 5.11 Å². The Kier molecular flexibility index (Phi) is 2.03. The van der Waals surface area contributed by atoms with Gasteiger partial charge in [0, 0.05) is 0 Å². The number of rotatable bonds is 1. The molecule has 0 saturated heterocycles. The topological polar surface area (TPSA) is 34.7 Å². The Hall–Kier alpha value is -1.18. The molecular formula is C9H11N2. The van der Waals surface area contributed by atoms with E-state index in [0.29, 0.717) is 5.69 Å². The molecule has 11 heavy (non-hydrogen) atoms. The van der Waals surface area contributed by atoms with Crippen LogP contribution < -0.4 is 5.53 Å². The van der Waals surface area contributed by atoms with E-state index in [9.17, 15) is 0 Å². The second kappa shape index (κ2) is 2.82. The van der Waals surface area contributed by atoms with Gasteiger partial charge in [0.1, 0.15) is 0 Å². The number of benzene rings is 1. The Morgan fingerprint density at radius 1 is 1.09 bits per heavy atom. The van der Waals surface area contributed by atoms with Gasteiger partial charge in [-0.15, -0.1) is 5.11 Å². The minimum atomic E-state index is 0.690. The van der Waals surface area contributed by atoms with Crippen molar-refractivity contribution in [2.75, 3.05) is 0 Å². The number of aryl methyl sites for hydroxylation is 3. The van der Waals surface area contributed by atoms with Gasteiger partial charge in [-0.1, -0.05) is 17.7 Å². The van der Waals surface area contributed by atoms with Crippen LogP contribution in [0.25, 0.3) is 0 Å². The lowest BCUT2D eigenvalue weighted by Crippen LogP contribution is -1.82. The average molecular weight is 147 g/mol. The van der Waals surface area contributed by atoms with Gasteiger partial charge >= 0.3 is 0 Å². The first-order valence-electron chi connectivity index (χ1n) is 3.58. The average Bonchev–Trinajstić information content (AvgIpc) is 1.85. The molecule has 0 bridgehead atoms. The maximum atomic E-state index is 8.62. The van der Waals surface area contributed by atoms with Gasteiger partial charge in [-0.05, 0) is 37.4 Å². The molecule has 2 heteroatoms. The molecule has 2 nitrogen and oxygen atoms in total. The van der Waals surface area contributed by atoms with Crippen LogP contribution in [0.5, 0.6) is 0 Å². The van der Waals surface area contributed by atoms with Gasteiger partial charge in [-0.2, -0.15) is 0 Å². The third kappa shape index (κ3) is 1.45. The summed E-state index contributed by atoms with van der Waals surface area (Å²) in [5, 5.41) is 3.21. The number of nitrogens with zero attached hydrogens (tertiary/aromatic N) is 2. The Bertz CT molecular complexity index is 267. The summed E-state index contributed by atoms with van der Waals surface area (Å²) in [6, 6.07) is 4.00. The van der Waals surface area contributed by atoms with E-state index in [0.717, 1.165) is 11.1 Å². The summed E-state index contributed by atoms with van der Waals surface area (Å²) in [5.74, 6) is 0. The first-order valence-corrected chi connectivity index (χ1v) is 3.58. The maximum absolute atomic E-state index is 8.62. The molecule has 1 radical (unpaired) electrons. The SMILES string of the molecule is Cc1cc(C)c(N=[N])c(C)c1. The van der Waals surface area contributed by atoms with Crippen LogP contribution in [0.15, 0.2) is 17.2 Å². The van der Waals surface area contributed by atoms with Crippen LogP contribution in [0, 0.1) is 20.8 Å². The molecule has 0 amide bonds. The molecule has 0 atom stereocenters. The van der Waals surface area contributed by atoms with Crippen LogP contribution in [0.1, 0.15) is 16.7 Å². The zero-order valence-electron chi connectivity index (χ0n) is 7.05. The van der Waals surface area contributed by atoms with E-state index >= 15 is 0 Å². The lowest BCUT2D eigenvalue weighted by atomic mass is 10.1. The van der Waals surface area contributed by atoms with Gasteiger partial charge in [-0.25, -0.2) is 0 Å². The second-order valence-electron chi connectivity index (χ2n) is 2.85. The predicted octanol–water partition coefficient (Wildman–Crippen LogP) is 2.50. The highest BCUT2D eigenvalue weighted by atomic mass is 15.0. The molecule has 0 aromatic heterocycles. The molecule has 1 aromatic rings. The molecular weight excluding hydrogens is 136 g/mol. The molecule has 57 valence electrons. The van der Waals surface area contributed by atoms with Crippen LogP contribution in [0.4, 0.5) is 5.69 Å². The Labute approximate surface area is 66.8 Å². The zero-order chi connectivity index (χ0) is 8.43. The third-order valence-corrected chi connectivity index (χ3v) is 1.74. The fourth-order valence-corrected chi connectivity index (χ4v) is 1.33. The normalized spacial score (nSPS) is 9.73. The second-order valence-corrected chi connectivity index (χ2v) is 2.85. The molecule has 1 rings (SSSR count). The van der Waals surface area contributed by atoms with Gasteiger partial charge in [0.15, 0.2) is 0 Å². The Morgan fingerprint density at radius 3 is 1.91 bits per heavy atom. The minimum Gasteiger partial charge on any atom is -0.129 e. The summed E-state index contributed by atoms with van der Waals surface area (Å²) >= 11 is 0. The minimum absolute atomic E-state index is 0.690. The monoisotopic (exact) mass is 147 g/mol. The lowest BCUT2D eigenvalue weighted by Gasteiger charge is -2.03. The molecule has 0 spiro atoms. The molecule has 0 aliphatic heterocycles. The van der Waals surface area contributed by atoms with Crippen LogP contribution in [0.2, 0.25) is 0 Å². The van der Waals surface area contributed by atoms with E-state index < -0.39 is 0 Å². The van der Waals surface area contributed by atoms with Crippen LogP contribution in [0.3, 0.4) is 0 Å². The van der Waals surface area contributed by atoms with Crippen molar-refractivity contribution in [3.63, 3.8) is 0 Å². The molecule has 0 saturated carbocycles. The summed E-state index contributed by atoms with van der Waals surface area (Å²) in [6.07, 6.45) is 0. The summed E-state index contributed by atoms with van der Waals surface area (Å²) in [5.41, 5.74) is 12.5. The summed E-state index contributed by atoms with van der Waals surface area (Å²) in [6.45, 7) is 5.91. The maximum Gasteiger partial charge on any atom is 0.0934 e. The Morgan fingerprint density at radius 2 is 1.55 bits per heavy atom. The molecule has 0 heterocycles. The summed E-state index contributed by atoms with van der Waals surface area (Å²) in [7, 11) is 0. The lowest BCUT2D eigenvalue weighted by molar-refractivity contribution is 1.21. The van der Waals surface area contributed by atoms with E-state index in [-0.39, 0.29) is 0 Å². The van der Waals surface area contributed by atoms with Crippen molar-refractivity contribution in [2.45, 2.75) is 20.8 Å². The number of hydrogen-bond acceptors (Lipinski definition) is 1. The highest BCUT2D eigenvalue weighted by Gasteiger charge is 2.00. The fraction of sp³-hybridized carbons (Fsp3) is 0.333. The quantitative estimate of drug-likeness (QED) is 0.547. The van der Waals surface area contributed by atoms with Crippen molar-refractivity contribution in [1.29, 1.82) is 0 Å². The molecule has 0 aliphatic carbocycles. The largest absolute Gasteiger partial charge is 0.129 e.